The van der Waals surface area contributed by atoms with Crippen LogP contribution in [0.4, 0.5) is 10.8 Å². The van der Waals surface area contributed by atoms with Crippen LogP contribution in [-0.2, 0) is 0 Å². The number of nitrogens with one attached hydrogen (secondary N) is 1. The topological polar surface area (TPSA) is 24.9 Å². The average Bonchev–Trinajstić information content (AvgIpc) is 3.11. The molecule has 0 aliphatic heterocycles. The van der Waals surface area contributed by atoms with Crippen molar-refractivity contribution in [1.82, 2.24) is 4.98 Å². The lowest BCUT2D eigenvalue weighted by Gasteiger charge is -2.06. The molecule has 0 unspecified atom stereocenters. The van der Waals surface area contributed by atoms with E-state index in [0.29, 0.717) is 15.7 Å². The van der Waals surface area contributed by atoms with Crippen LogP contribution in [0, 0.1) is 0 Å². The van der Waals surface area contributed by atoms with Crippen LogP contribution in [0.25, 0.3) is 11.3 Å². The molecule has 2 aromatic heterocycles. The smallest absolute Gasteiger partial charge is 0.187 e. The van der Waals surface area contributed by atoms with Gasteiger partial charge in [0.15, 0.2) is 5.13 Å². The van der Waals surface area contributed by atoms with Gasteiger partial charge in [-0.25, -0.2) is 4.98 Å². The Bertz CT molecular complexity index is 747. The van der Waals surface area contributed by atoms with Gasteiger partial charge in [0.05, 0.1) is 25.6 Å². The number of hydrogen-bond donors (Lipinski definition) is 1. The van der Waals surface area contributed by atoms with Crippen LogP contribution in [0.2, 0.25) is 10.0 Å². The zero-order valence-electron chi connectivity index (χ0n) is 10.9. The number of hydrogen-bond acceptors (Lipinski definition) is 5. The van der Waals surface area contributed by atoms with E-state index >= 15 is 0 Å². The van der Waals surface area contributed by atoms with Crippen molar-refractivity contribution < 1.29 is 0 Å². The molecule has 3 aromatic rings. The molecule has 2 heterocycles. The number of benzene rings is 1. The van der Waals surface area contributed by atoms with Crippen molar-refractivity contribution in [2.75, 3.05) is 11.6 Å². The fraction of sp³-hybridized carbons (Fsp3) is 0.0714. The number of aromatic nitrogens is 1. The van der Waals surface area contributed by atoms with E-state index in [1.165, 1.54) is 21.1 Å². The molecule has 3 rings (SSSR count). The Morgan fingerprint density at radius 2 is 1.90 bits per heavy atom. The van der Waals surface area contributed by atoms with Crippen LogP contribution >= 0.6 is 57.6 Å². The van der Waals surface area contributed by atoms with Gasteiger partial charge in [0.2, 0.25) is 0 Å². The van der Waals surface area contributed by atoms with Gasteiger partial charge in [-0.1, -0.05) is 29.3 Å². The lowest BCUT2D eigenvalue weighted by Crippen LogP contribution is -1.91. The summed E-state index contributed by atoms with van der Waals surface area (Å²) in [6, 6.07) is 7.51. The first-order valence-corrected chi connectivity index (χ1v) is 9.71. The summed E-state index contributed by atoms with van der Waals surface area (Å²) in [6.45, 7) is 0. The first kappa shape index (κ1) is 15.2. The molecule has 0 saturated carbocycles. The number of thiazole rings is 1. The maximum absolute atomic E-state index is 6.16. The molecule has 2 nitrogen and oxygen atoms in total. The zero-order chi connectivity index (χ0) is 14.8. The van der Waals surface area contributed by atoms with Crippen molar-refractivity contribution >= 4 is 68.5 Å². The van der Waals surface area contributed by atoms with Gasteiger partial charge < -0.3 is 5.32 Å². The molecule has 0 saturated heterocycles. The third-order valence-electron chi connectivity index (χ3n) is 2.79. The molecular weight excluding hydrogens is 363 g/mol. The van der Waals surface area contributed by atoms with Gasteiger partial charge in [0.1, 0.15) is 0 Å². The van der Waals surface area contributed by atoms with Gasteiger partial charge in [-0.15, -0.1) is 34.4 Å². The fourth-order valence-electron chi connectivity index (χ4n) is 1.82. The van der Waals surface area contributed by atoms with Gasteiger partial charge in [-0.05, 0) is 29.8 Å². The van der Waals surface area contributed by atoms with Gasteiger partial charge in [-0.3, -0.25) is 0 Å². The Balaban J connectivity index is 1.89. The summed E-state index contributed by atoms with van der Waals surface area (Å²) >= 11 is 17.3. The van der Waals surface area contributed by atoms with E-state index in [9.17, 15) is 0 Å². The molecule has 1 N–H and O–H groups in total. The summed E-state index contributed by atoms with van der Waals surface area (Å²) < 4.78 is 1.27. The Morgan fingerprint density at radius 3 is 2.62 bits per heavy atom. The van der Waals surface area contributed by atoms with Crippen LogP contribution in [0.15, 0.2) is 39.2 Å². The summed E-state index contributed by atoms with van der Waals surface area (Å²) in [5.41, 5.74) is 2.83. The lowest BCUT2D eigenvalue weighted by atomic mass is 10.3. The van der Waals surface area contributed by atoms with Crippen LogP contribution in [0.3, 0.4) is 0 Å². The molecule has 0 amide bonds. The summed E-state index contributed by atoms with van der Waals surface area (Å²) in [5, 5.41) is 9.26. The molecule has 0 fully saturated rings. The molecule has 0 aliphatic carbocycles. The van der Waals surface area contributed by atoms with Crippen molar-refractivity contribution in [1.29, 1.82) is 0 Å². The fourth-order valence-corrected chi connectivity index (χ4v) is 4.60. The number of anilines is 2. The Kier molecular flexibility index (Phi) is 4.76. The van der Waals surface area contributed by atoms with Crippen LogP contribution in [0.5, 0.6) is 0 Å². The minimum absolute atomic E-state index is 0.583. The molecule has 7 heteroatoms. The van der Waals surface area contributed by atoms with Gasteiger partial charge in [-0.2, -0.15) is 0 Å². The van der Waals surface area contributed by atoms with Gasteiger partial charge in [0.25, 0.3) is 0 Å². The van der Waals surface area contributed by atoms with E-state index in [2.05, 4.69) is 28.0 Å². The van der Waals surface area contributed by atoms with Crippen molar-refractivity contribution in [2.45, 2.75) is 4.21 Å². The molecular formula is C14H10Cl2N2S3. The second-order valence-corrected chi connectivity index (χ2v) is 7.75. The summed E-state index contributed by atoms with van der Waals surface area (Å²) in [5.74, 6) is 0. The van der Waals surface area contributed by atoms with Crippen molar-refractivity contribution in [3.05, 3.63) is 45.1 Å². The summed E-state index contributed by atoms with van der Waals surface area (Å²) in [6.07, 6.45) is 2.07. The van der Waals surface area contributed by atoms with Crippen molar-refractivity contribution in [3.63, 3.8) is 0 Å². The highest BCUT2D eigenvalue weighted by molar-refractivity contribution is 8.00. The minimum atomic E-state index is 0.583. The van der Waals surface area contributed by atoms with E-state index in [1.807, 2.05) is 11.4 Å². The Hall–Kier alpha value is -0.720. The SMILES string of the molecule is CSc1sccc1-c1csc(Nc2c(Cl)cccc2Cl)n1. The van der Waals surface area contributed by atoms with E-state index in [1.54, 1.807) is 35.2 Å². The standard InChI is InChI=1S/C14H10Cl2N2S3/c1-19-13-8(5-6-20-13)11-7-21-14(17-11)18-12-9(15)3-2-4-10(12)16/h2-7H,1H3,(H,17,18). The second kappa shape index (κ2) is 6.58. The van der Waals surface area contributed by atoms with E-state index in [4.69, 9.17) is 23.2 Å². The molecule has 0 radical (unpaired) electrons. The summed E-state index contributed by atoms with van der Waals surface area (Å²) in [4.78, 5) is 4.62. The number of rotatable bonds is 4. The van der Waals surface area contributed by atoms with Crippen molar-refractivity contribution in [2.24, 2.45) is 0 Å². The van der Waals surface area contributed by atoms with E-state index in [-0.39, 0.29) is 0 Å². The highest BCUT2D eigenvalue weighted by atomic mass is 35.5. The largest absolute Gasteiger partial charge is 0.329 e. The molecule has 108 valence electrons. The first-order valence-electron chi connectivity index (χ1n) is 5.97. The van der Waals surface area contributed by atoms with Gasteiger partial charge >= 0.3 is 0 Å². The zero-order valence-corrected chi connectivity index (χ0v) is 14.9. The summed E-state index contributed by atoms with van der Waals surface area (Å²) in [7, 11) is 0. The monoisotopic (exact) mass is 372 g/mol. The highest BCUT2D eigenvalue weighted by Gasteiger charge is 2.12. The molecule has 21 heavy (non-hydrogen) atoms. The normalized spacial score (nSPS) is 10.8. The van der Waals surface area contributed by atoms with E-state index in [0.717, 1.165) is 10.8 Å². The number of para-hydroxylation sites is 1. The maximum atomic E-state index is 6.16. The van der Waals surface area contributed by atoms with E-state index < -0.39 is 0 Å². The predicted molar refractivity (Wildman–Crippen MR) is 97.0 cm³/mol. The number of nitrogens with zero attached hydrogens (tertiary/aromatic N) is 1. The highest BCUT2D eigenvalue weighted by Crippen LogP contribution is 2.38. The average molecular weight is 373 g/mol. The van der Waals surface area contributed by atoms with Gasteiger partial charge in [0, 0.05) is 10.9 Å². The lowest BCUT2D eigenvalue weighted by molar-refractivity contribution is 1.37. The number of thiophene rings is 1. The molecule has 0 atom stereocenters. The molecule has 0 aliphatic rings. The van der Waals surface area contributed by atoms with Crippen LogP contribution in [0.1, 0.15) is 0 Å². The first-order chi connectivity index (χ1) is 10.2. The third kappa shape index (κ3) is 3.22. The molecule has 0 bridgehead atoms. The molecule has 0 spiro atoms. The third-order valence-corrected chi connectivity index (χ3v) is 6.26. The van der Waals surface area contributed by atoms with Crippen LogP contribution < -0.4 is 5.32 Å². The quantitative estimate of drug-likeness (QED) is 0.519. The Morgan fingerprint density at radius 1 is 1.14 bits per heavy atom. The second-order valence-electron chi connectivity index (χ2n) is 4.09. The predicted octanol–water partition coefficient (Wildman–Crippen LogP) is 6.64. The number of thioether (sulfide) groups is 1. The minimum Gasteiger partial charge on any atom is -0.329 e. The number of halogens is 2. The molecule has 1 aromatic carbocycles. The maximum Gasteiger partial charge on any atom is 0.187 e. The van der Waals surface area contributed by atoms with Crippen molar-refractivity contribution in [3.8, 4) is 11.3 Å². The Labute approximate surface area is 145 Å². The van der Waals surface area contributed by atoms with Crippen LogP contribution in [-0.4, -0.2) is 11.2 Å².